The van der Waals surface area contributed by atoms with E-state index >= 15 is 0 Å². The molecule has 1 amide bonds. The summed E-state index contributed by atoms with van der Waals surface area (Å²) in [5.74, 6) is 1.35. The minimum absolute atomic E-state index is 0.107. The molecule has 1 atom stereocenters. The van der Waals surface area contributed by atoms with Gasteiger partial charge < -0.3 is 10.1 Å². The summed E-state index contributed by atoms with van der Waals surface area (Å²) in [6, 6.07) is 13.0. The van der Waals surface area contributed by atoms with E-state index in [0.29, 0.717) is 5.82 Å². The summed E-state index contributed by atoms with van der Waals surface area (Å²) in [6.07, 6.45) is 2.10. The molecule has 2 N–H and O–H groups in total. The van der Waals surface area contributed by atoms with Crippen molar-refractivity contribution in [3.63, 3.8) is 0 Å². The molecule has 1 aromatic carbocycles. The van der Waals surface area contributed by atoms with Crippen molar-refractivity contribution in [3.8, 4) is 17.0 Å². The Hall–Kier alpha value is -3.68. The van der Waals surface area contributed by atoms with Crippen molar-refractivity contribution in [2.24, 2.45) is 0 Å². The number of benzene rings is 1. The van der Waals surface area contributed by atoms with E-state index in [-0.39, 0.29) is 18.4 Å². The molecule has 0 aliphatic rings. The van der Waals surface area contributed by atoms with Crippen molar-refractivity contribution in [2.75, 3.05) is 7.11 Å². The molecular formula is C21H22N6O2. The number of hydrogen-bond donors (Lipinski definition) is 2. The Labute approximate surface area is 167 Å². The number of rotatable bonds is 6. The number of carbonyl (C=O) groups excluding carboxylic acids is 1. The lowest BCUT2D eigenvalue weighted by molar-refractivity contribution is -0.121. The van der Waals surface area contributed by atoms with Gasteiger partial charge in [-0.05, 0) is 50.2 Å². The molecule has 8 nitrogen and oxygen atoms in total. The van der Waals surface area contributed by atoms with Crippen LogP contribution in [-0.2, 0) is 11.2 Å². The number of methoxy groups -OCH3 is 1. The molecule has 0 spiro atoms. The van der Waals surface area contributed by atoms with Gasteiger partial charge >= 0.3 is 0 Å². The zero-order valence-electron chi connectivity index (χ0n) is 16.5. The fraction of sp³-hybridized carbons (Fsp3) is 0.238. The van der Waals surface area contributed by atoms with Crippen molar-refractivity contribution in [3.05, 3.63) is 65.7 Å². The molecular weight excluding hydrogens is 368 g/mol. The lowest BCUT2D eigenvalue weighted by Crippen LogP contribution is -2.29. The van der Waals surface area contributed by atoms with E-state index in [1.807, 2.05) is 66.9 Å². The number of H-pyrrole nitrogens is 1. The van der Waals surface area contributed by atoms with Crippen LogP contribution in [0.5, 0.6) is 5.75 Å². The molecule has 148 valence electrons. The van der Waals surface area contributed by atoms with Crippen molar-refractivity contribution in [1.82, 2.24) is 30.1 Å². The smallest absolute Gasteiger partial charge is 0.225 e. The first kappa shape index (κ1) is 18.7. The lowest BCUT2D eigenvalue weighted by atomic mass is 10.0. The summed E-state index contributed by atoms with van der Waals surface area (Å²) < 4.78 is 7.08. The van der Waals surface area contributed by atoms with E-state index in [2.05, 4.69) is 25.7 Å². The second-order valence-electron chi connectivity index (χ2n) is 6.86. The predicted molar refractivity (Wildman–Crippen MR) is 109 cm³/mol. The van der Waals surface area contributed by atoms with Crippen molar-refractivity contribution in [2.45, 2.75) is 26.3 Å². The molecule has 0 saturated carbocycles. The molecule has 0 aliphatic carbocycles. The zero-order chi connectivity index (χ0) is 20.4. The first-order chi connectivity index (χ1) is 14.1. The molecule has 4 aromatic rings. The summed E-state index contributed by atoms with van der Waals surface area (Å²) >= 11 is 0. The van der Waals surface area contributed by atoms with Crippen LogP contribution in [0.1, 0.15) is 30.0 Å². The third-order valence-electron chi connectivity index (χ3n) is 4.88. The van der Waals surface area contributed by atoms with Crippen LogP contribution in [0.4, 0.5) is 0 Å². The fourth-order valence-electron chi connectivity index (χ4n) is 3.33. The highest BCUT2D eigenvalue weighted by Crippen LogP contribution is 2.26. The number of aromatic amines is 1. The second-order valence-corrected chi connectivity index (χ2v) is 6.86. The van der Waals surface area contributed by atoms with Gasteiger partial charge in [0.25, 0.3) is 0 Å². The third kappa shape index (κ3) is 3.69. The van der Waals surface area contributed by atoms with Gasteiger partial charge in [-0.1, -0.05) is 6.07 Å². The number of hydrogen-bond acceptors (Lipinski definition) is 5. The number of nitrogens with zero attached hydrogens (tertiary/aromatic N) is 4. The fourth-order valence-corrected chi connectivity index (χ4v) is 3.33. The Morgan fingerprint density at radius 1 is 1.21 bits per heavy atom. The number of carbonyl (C=O) groups is 1. The van der Waals surface area contributed by atoms with Crippen LogP contribution in [0, 0.1) is 6.92 Å². The molecule has 3 heterocycles. The van der Waals surface area contributed by atoms with Crippen molar-refractivity contribution < 1.29 is 9.53 Å². The van der Waals surface area contributed by atoms with Crippen LogP contribution in [-0.4, -0.2) is 37.8 Å². The first-order valence-corrected chi connectivity index (χ1v) is 9.34. The van der Waals surface area contributed by atoms with E-state index in [1.54, 1.807) is 7.11 Å². The van der Waals surface area contributed by atoms with E-state index < -0.39 is 0 Å². The normalized spacial score (nSPS) is 12.1. The monoisotopic (exact) mass is 390 g/mol. The Bertz CT molecular complexity index is 1150. The summed E-state index contributed by atoms with van der Waals surface area (Å²) in [5.41, 5.74) is 4.17. The van der Waals surface area contributed by atoms with Crippen LogP contribution in [0.25, 0.3) is 16.9 Å². The molecule has 4 rings (SSSR count). The molecule has 0 fully saturated rings. The maximum atomic E-state index is 12.8. The topological polar surface area (TPSA) is 97.2 Å². The van der Waals surface area contributed by atoms with Gasteiger partial charge in [-0.15, -0.1) is 10.2 Å². The first-order valence-electron chi connectivity index (χ1n) is 9.34. The van der Waals surface area contributed by atoms with Gasteiger partial charge in [0.1, 0.15) is 5.75 Å². The molecule has 0 aliphatic heterocycles. The Morgan fingerprint density at radius 2 is 2.00 bits per heavy atom. The number of amides is 1. The number of ether oxygens (including phenoxy) is 1. The van der Waals surface area contributed by atoms with E-state index in [4.69, 9.17) is 4.74 Å². The van der Waals surface area contributed by atoms with Crippen LogP contribution in [0.2, 0.25) is 0 Å². The molecule has 0 saturated heterocycles. The molecule has 8 heteroatoms. The van der Waals surface area contributed by atoms with E-state index in [0.717, 1.165) is 33.9 Å². The second kappa shape index (κ2) is 7.75. The maximum Gasteiger partial charge on any atom is 0.225 e. The quantitative estimate of drug-likeness (QED) is 0.528. The molecule has 0 bridgehead atoms. The van der Waals surface area contributed by atoms with Gasteiger partial charge in [-0.25, -0.2) is 0 Å². The van der Waals surface area contributed by atoms with Crippen LogP contribution in [0.15, 0.2) is 48.7 Å². The summed E-state index contributed by atoms with van der Waals surface area (Å²) in [4.78, 5) is 12.8. The van der Waals surface area contributed by atoms with Crippen molar-refractivity contribution >= 4 is 11.6 Å². The number of nitrogens with one attached hydrogen (secondary N) is 2. The van der Waals surface area contributed by atoms with Gasteiger partial charge in [0.05, 0.1) is 25.3 Å². The van der Waals surface area contributed by atoms with Gasteiger partial charge in [-0.2, -0.15) is 5.10 Å². The SMILES string of the molecule is COc1ccc(-c2n[nH]c(C)c2CC(=O)NC(C)c2nnc3ccccn23)cc1. The summed E-state index contributed by atoms with van der Waals surface area (Å²) in [5, 5.41) is 18.7. The van der Waals surface area contributed by atoms with Gasteiger partial charge in [-0.3, -0.25) is 14.3 Å². The summed E-state index contributed by atoms with van der Waals surface area (Å²) in [7, 11) is 1.63. The van der Waals surface area contributed by atoms with Crippen LogP contribution < -0.4 is 10.1 Å². The van der Waals surface area contributed by atoms with Crippen molar-refractivity contribution in [1.29, 1.82) is 0 Å². The van der Waals surface area contributed by atoms with E-state index in [1.165, 1.54) is 0 Å². The number of pyridine rings is 1. The molecule has 3 aromatic heterocycles. The Balaban J connectivity index is 1.52. The minimum atomic E-state index is -0.281. The highest BCUT2D eigenvalue weighted by Gasteiger charge is 2.19. The Kier molecular flexibility index (Phi) is 4.99. The number of aryl methyl sites for hydroxylation is 1. The van der Waals surface area contributed by atoms with Gasteiger partial charge in [0.15, 0.2) is 11.5 Å². The van der Waals surface area contributed by atoms with Gasteiger partial charge in [0.2, 0.25) is 5.91 Å². The average Bonchev–Trinajstić information content (AvgIpc) is 3.32. The highest BCUT2D eigenvalue weighted by atomic mass is 16.5. The average molecular weight is 390 g/mol. The zero-order valence-corrected chi connectivity index (χ0v) is 16.5. The Morgan fingerprint density at radius 3 is 2.76 bits per heavy atom. The van der Waals surface area contributed by atoms with Crippen LogP contribution >= 0.6 is 0 Å². The largest absolute Gasteiger partial charge is 0.497 e. The predicted octanol–water partition coefficient (Wildman–Crippen LogP) is 2.86. The third-order valence-corrected chi connectivity index (χ3v) is 4.88. The highest BCUT2D eigenvalue weighted by molar-refractivity contribution is 5.82. The molecule has 0 radical (unpaired) electrons. The van der Waals surface area contributed by atoms with Gasteiger partial charge in [0, 0.05) is 23.0 Å². The standard InChI is InChI=1S/C21H22N6O2/c1-13-17(20(25-23-13)15-7-9-16(29-3)10-8-15)12-19(28)22-14(2)21-26-24-18-6-4-5-11-27(18)21/h4-11,14H,12H2,1-3H3,(H,22,28)(H,23,25). The minimum Gasteiger partial charge on any atom is -0.497 e. The molecule has 29 heavy (non-hydrogen) atoms. The van der Waals surface area contributed by atoms with E-state index in [9.17, 15) is 4.79 Å². The molecule has 1 unspecified atom stereocenters. The summed E-state index contributed by atoms with van der Waals surface area (Å²) in [6.45, 7) is 3.81. The maximum absolute atomic E-state index is 12.8. The number of aromatic nitrogens is 5. The van der Waals surface area contributed by atoms with Crippen LogP contribution in [0.3, 0.4) is 0 Å². The number of fused-ring (bicyclic) bond motifs is 1. The lowest BCUT2D eigenvalue weighted by Gasteiger charge is -2.13.